The molecule has 0 bridgehead atoms. The van der Waals surface area contributed by atoms with Gasteiger partial charge in [0.1, 0.15) is 6.04 Å². The quantitative estimate of drug-likeness (QED) is 0.854. The van der Waals surface area contributed by atoms with Crippen molar-refractivity contribution >= 4 is 11.9 Å². The summed E-state index contributed by atoms with van der Waals surface area (Å²) in [5, 5.41) is 18.2. The zero-order valence-electron chi connectivity index (χ0n) is 13.3. The summed E-state index contributed by atoms with van der Waals surface area (Å²) < 4.78 is 38.6. The van der Waals surface area contributed by atoms with Gasteiger partial charge in [-0.2, -0.15) is 13.2 Å². The Morgan fingerprint density at radius 3 is 2.56 bits per heavy atom. The number of benzene rings is 1. The maximum absolute atomic E-state index is 12.4. The summed E-state index contributed by atoms with van der Waals surface area (Å²) in [5.41, 5.74) is 1.60. The molecule has 134 valence electrons. The van der Waals surface area contributed by atoms with Crippen molar-refractivity contribution < 1.29 is 27.9 Å². The van der Waals surface area contributed by atoms with Crippen LogP contribution < -0.4 is 5.32 Å². The zero-order valence-corrected chi connectivity index (χ0v) is 13.3. The predicted molar refractivity (Wildman–Crippen MR) is 80.4 cm³/mol. The second kappa shape index (κ2) is 6.91. The third kappa shape index (κ3) is 4.55. The van der Waals surface area contributed by atoms with E-state index >= 15 is 0 Å². The van der Waals surface area contributed by atoms with Gasteiger partial charge in [0.2, 0.25) is 0 Å². The average Bonchev–Trinajstić information content (AvgIpc) is 2.86. The fourth-order valence-electron chi connectivity index (χ4n) is 2.20. The predicted octanol–water partition coefficient (Wildman–Crippen LogP) is 2.02. The third-order valence-corrected chi connectivity index (χ3v) is 3.39. The van der Waals surface area contributed by atoms with Gasteiger partial charge in [-0.25, -0.2) is 9.48 Å². The average molecular weight is 356 g/mol. The Labute approximate surface area is 140 Å². The van der Waals surface area contributed by atoms with E-state index in [2.05, 4.69) is 10.3 Å². The number of hydrogen-bond acceptors (Lipinski definition) is 4. The van der Waals surface area contributed by atoms with Crippen LogP contribution in [-0.2, 0) is 4.79 Å². The summed E-state index contributed by atoms with van der Waals surface area (Å²) in [6.07, 6.45) is -6.41. The Balaban J connectivity index is 2.24. The third-order valence-electron chi connectivity index (χ3n) is 3.39. The number of nitrogens with zero attached hydrogens (tertiary/aromatic N) is 3. The summed E-state index contributed by atoms with van der Waals surface area (Å²) in [6.45, 7) is 3.37. The van der Waals surface area contributed by atoms with Crippen LogP contribution in [0.25, 0.3) is 5.69 Å². The number of halogens is 3. The number of carbonyl (C=O) groups excluding carboxylic acids is 1. The van der Waals surface area contributed by atoms with Crippen molar-refractivity contribution in [1.29, 1.82) is 0 Å². The van der Waals surface area contributed by atoms with Crippen LogP contribution in [0.1, 0.15) is 28.2 Å². The van der Waals surface area contributed by atoms with Crippen LogP contribution in [-0.4, -0.2) is 44.2 Å². The Bertz CT molecular complexity index is 802. The number of aliphatic carboxylic acids is 1. The molecule has 0 saturated heterocycles. The fraction of sp³-hybridized carbons (Fsp3) is 0.333. The lowest BCUT2D eigenvalue weighted by atomic mass is 10.2. The summed E-state index contributed by atoms with van der Waals surface area (Å²) in [6, 6.07) is 5.04. The van der Waals surface area contributed by atoms with E-state index in [1.807, 2.05) is 18.3 Å². The van der Waals surface area contributed by atoms with Crippen LogP contribution in [0.3, 0.4) is 0 Å². The smallest absolute Gasteiger partial charge is 0.391 e. The number of carboxylic acid groups (broad SMARTS) is 1. The van der Waals surface area contributed by atoms with Crippen molar-refractivity contribution in [2.24, 2.45) is 0 Å². The Morgan fingerprint density at radius 2 is 2.00 bits per heavy atom. The van der Waals surface area contributed by atoms with Crippen molar-refractivity contribution in [2.75, 3.05) is 0 Å². The van der Waals surface area contributed by atoms with Crippen LogP contribution in [0.15, 0.2) is 24.3 Å². The Morgan fingerprint density at radius 1 is 1.32 bits per heavy atom. The molecule has 0 aliphatic heterocycles. The topological polar surface area (TPSA) is 97.1 Å². The number of amides is 1. The molecule has 0 aliphatic carbocycles. The molecule has 1 unspecified atom stereocenters. The number of hydrogen-bond donors (Lipinski definition) is 2. The fourth-order valence-corrected chi connectivity index (χ4v) is 2.20. The largest absolute Gasteiger partial charge is 0.480 e. The van der Waals surface area contributed by atoms with Gasteiger partial charge < -0.3 is 10.4 Å². The molecule has 0 aliphatic rings. The van der Waals surface area contributed by atoms with Crippen LogP contribution in [0.2, 0.25) is 0 Å². The molecule has 2 aromatic rings. The van der Waals surface area contributed by atoms with Gasteiger partial charge in [0, 0.05) is 0 Å². The van der Waals surface area contributed by atoms with Gasteiger partial charge in [-0.05, 0) is 31.5 Å². The maximum atomic E-state index is 12.4. The highest BCUT2D eigenvalue weighted by Gasteiger charge is 2.37. The number of rotatable bonds is 5. The number of aryl methyl sites for hydroxylation is 1. The molecule has 0 radical (unpaired) electrons. The van der Waals surface area contributed by atoms with E-state index in [0.717, 1.165) is 5.56 Å². The van der Waals surface area contributed by atoms with Gasteiger partial charge in [0.25, 0.3) is 5.91 Å². The molecular weight excluding hydrogens is 341 g/mol. The van der Waals surface area contributed by atoms with Crippen LogP contribution >= 0.6 is 0 Å². The first-order chi connectivity index (χ1) is 11.6. The monoisotopic (exact) mass is 356 g/mol. The van der Waals surface area contributed by atoms with Crippen molar-refractivity contribution in [3.8, 4) is 5.69 Å². The molecule has 1 amide bonds. The first-order valence-electron chi connectivity index (χ1n) is 7.18. The van der Waals surface area contributed by atoms with Gasteiger partial charge >= 0.3 is 12.1 Å². The number of nitrogens with one attached hydrogen (secondary N) is 1. The van der Waals surface area contributed by atoms with E-state index in [-0.39, 0.29) is 11.4 Å². The van der Waals surface area contributed by atoms with E-state index in [1.165, 1.54) is 11.6 Å². The van der Waals surface area contributed by atoms with Crippen molar-refractivity contribution in [1.82, 2.24) is 20.3 Å². The van der Waals surface area contributed by atoms with Gasteiger partial charge in [-0.3, -0.25) is 4.79 Å². The van der Waals surface area contributed by atoms with E-state index in [0.29, 0.717) is 5.69 Å². The molecule has 2 N–H and O–H groups in total. The maximum Gasteiger partial charge on any atom is 0.391 e. The van der Waals surface area contributed by atoms with Crippen molar-refractivity contribution in [2.45, 2.75) is 32.5 Å². The van der Waals surface area contributed by atoms with Crippen LogP contribution in [0.5, 0.6) is 0 Å². The molecule has 7 nitrogen and oxygen atoms in total. The minimum Gasteiger partial charge on any atom is -0.480 e. The summed E-state index contributed by atoms with van der Waals surface area (Å²) in [5.74, 6) is -2.82. The second-order valence-corrected chi connectivity index (χ2v) is 5.46. The molecule has 1 aromatic heterocycles. The lowest BCUT2D eigenvalue weighted by molar-refractivity contribution is -0.157. The van der Waals surface area contributed by atoms with E-state index < -0.39 is 30.5 Å². The highest BCUT2D eigenvalue weighted by molar-refractivity contribution is 5.95. The summed E-state index contributed by atoms with van der Waals surface area (Å²) >= 11 is 0. The van der Waals surface area contributed by atoms with Crippen LogP contribution in [0, 0.1) is 13.8 Å². The van der Waals surface area contributed by atoms with Crippen molar-refractivity contribution in [3.63, 3.8) is 0 Å². The minimum atomic E-state index is -4.73. The SMILES string of the molecule is Cc1cccc(-n2nnc(C(=O)NC(CC(F)(F)F)C(=O)O)c2C)c1. The molecule has 25 heavy (non-hydrogen) atoms. The molecule has 0 fully saturated rings. The lowest BCUT2D eigenvalue weighted by Crippen LogP contribution is -2.43. The first-order valence-corrected chi connectivity index (χ1v) is 7.18. The van der Waals surface area contributed by atoms with Crippen LogP contribution in [0.4, 0.5) is 13.2 Å². The summed E-state index contributed by atoms with van der Waals surface area (Å²) in [7, 11) is 0. The first kappa shape index (κ1) is 18.4. The van der Waals surface area contributed by atoms with Gasteiger partial charge in [0.05, 0.1) is 17.8 Å². The highest BCUT2D eigenvalue weighted by atomic mass is 19.4. The number of alkyl halides is 3. The second-order valence-electron chi connectivity index (χ2n) is 5.46. The van der Waals surface area contributed by atoms with Gasteiger partial charge in [-0.1, -0.05) is 17.3 Å². The molecule has 0 spiro atoms. The Hall–Kier alpha value is -2.91. The highest BCUT2D eigenvalue weighted by Crippen LogP contribution is 2.22. The minimum absolute atomic E-state index is 0.241. The standard InChI is InChI=1S/C15H15F3N4O3/c1-8-4-3-5-10(6-8)22-9(2)12(20-21-22)13(23)19-11(14(24)25)7-15(16,17)18/h3-6,11H,7H2,1-2H3,(H,19,23)(H,24,25). The van der Waals surface area contributed by atoms with E-state index in [9.17, 15) is 22.8 Å². The zero-order chi connectivity index (χ0) is 18.8. The van der Waals surface area contributed by atoms with E-state index in [1.54, 1.807) is 18.2 Å². The Kier molecular flexibility index (Phi) is 5.10. The normalized spacial score (nSPS) is 12.7. The van der Waals surface area contributed by atoms with E-state index in [4.69, 9.17) is 5.11 Å². The van der Waals surface area contributed by atoms with Gasteiger partial charge in [0.15, 0.2) is 5.69 Å². The number of carbonyl (C=O) groups is 2. The molecular formula is C15H15F3N4O3. The number of carboxylic acids is 1. The summed E-state index contributed by atoms with van der Waals surface area (Å²) in [4.78, 5) is 23.1. The van der Waals surface area contributed by atoms with Gasteiger partial charge in [-0.15, -0.1) is 5.10 Å². The molecule has 1 atom stereocenters. The molecule has 1 aromatic carbocycles. The molecule has 2 rings (SSSR count). The molecule has 0 saturated carbocycles. The molecule has 10 heteroatoms. The number of aromatic nitrogens is 3. The molecule has 1 heterocycles. The van der Waals surface area contributed by atoms with Crippen molar-refractivity contribution in [3.05, 3.63) is 41.2 Å². The lowest BCUT2D eigenvalue weighted by Gasteiger charge is -2.15.